The van der Waals surface area contributed by atoms with Crippen molar-refractivity contribution in [2.24, 2.45) is 10.2 Å². The van der Waals surface area contributed by atoms with Gasteiger partial charge in [0.15, 0.2) is 0 Å². The number of halogens is 2. The number of aromatic amines is 2. The Morgan fingerprint density at radius 3 is 2.53 bits per heavy atom. The van der Waals surface area contributed by atoms with E-state index in [1.165, 1.54) is 12.1 Å². The summed E-state index contributed by atoms with van der Waals surface area (Å²) < 4.78 is 0. The molecule has 1 heterocycles. The topological polar surface area (TPSA) is 111 Å². The molecule has 0 aliphatic heterocycles. The molecule has 2 rings (SSSR count). The van der Waals surface area contributed by atoms with E-state index in [0.717, 1.165) is 0 Å². The summed E-state index contributed by atoms with van der Waals surface area (Å²) >= 11 is 11.6. The molecule has 0 amide bonds. The van der Waals surface area contributed by atoms with Gasteiger partial charge in [0.25, 0.3) is 5.56 Å². The predicted molar refractivity (Wildman–Crippen MR) is 70.0 cm³/mol. The molecule has 0 saturated carbocycles. The number of hydrogen-bond donors (Lipinski definition) is 3. The van der Waals surface area contributed by atoms with E-state index in [1.54, 1.807) is 6.07 Å². The highest BCUT2D eigenvalue weighted by molar-refractivity contribution is 6.35. The Hall–Kier alpha value is -2.12. The molecular weight excluding hydrogens is 295 g/mol. The van der Waals surface area contributed by atoms with E-state index in [1.807, 2.05) is 9.97 Å². The number of aromatic hydroxyl groups is 1. The summed E-state index contributed by atoms with van der Waals surface area (Å²) in [6, 6.07) is 4.51. The second-order valence-corrected chi connectivity index (χ2v) is 4.24. The van der Waals surface area contributed by atoms with Crippen molar-refractivity contribution < 1.29 is 5.11 Å². The van der Waals surface area contributed by atoms with Crippen LogP contribution in [0.2, 0.25) is 10.0 Å². The Labute approximate surface area is 115 Å². The molecule has 0 aliphatic rings. The van der Waals surface area contributed by atoms with E-state index in [0.29, 0.717) is 5.02 Å². The number of rotatable bonds is 2. The number of benzene rings is 1. The molecule has 7 nitrogen and oxygen atoms in total. The summed E-state index contributed by atoms with van der Waals surface area (Å²) in [5.41, 5.74) is -1.93. The van der Waals surface area contributed by atoms with E-state index in [9.17, 15) is 14.7 Å². The van der Waals surface area contributed by atoms with Crippen molar-refractivity contribution in [1.82, 2.24) is 9.97 Å². The van der Waals surface area contributed by atoms with Crippen LogP contribution in [0.15, 0.2) is 38.0 Å². The lowest BCUT2D eigenvalue weighted by Gasteiger charge is -1.98. The summed E-state index contributed by atoms with van der Waals surface area (Å²) in [5, 5.41) is 17.3. The first-order valence-corrected chi connectivity index (χ1v) is 5.65. The van der Waals surface area contributed by atoms with Gasteiger partial charge < -0.3 is 5.11 Å². The lowest BCUT2D eigenvalue weighted by Crippen LogP contribution is -2.20. The van der Waals surface area contributed by atoms with Crippen LogP contribution in [0.1, 0.15) is 0 Å². The third kappa shape index (κ3) is 3.01. The quantitative estimate of drug-likeness (QED) is 0.741. The van der Waals surface area contributed by atoms with Crippen LogP contribution in [0, 0.1) is 0 Å². The van der Waals surface area contributed by atoms with Crippen molar-refractivity contribution in [3.05, 3.63) is 49.1 Å². The molecule has 0 saturated heterocycles. The van der Waals surface area contributed by atoms with E-state index >= 15 is 0 Å². The van der Waals surface area contributed by atoms with Crippen molar-refractivity contribution in [3.63, 3.8) is 0 Å². The van der Waals surface area contributed by atoms with Crippen LogP contribution in [0.25, 0.3) is 0 Å². The minimum atomic E-state index is -0.872. The SMILES string of the molecule is O=c1[nH]c(O)c(N=Nc2cc(Cl)ccc2Cl)c(=O)[nH]1. The summed E-state index contributed by atoms with van der Waals surface area (Å²) in [6.45, 7) is 0. The summed E-state index contributed by atoms with van der Waals surface area (Å²) in [6.07, 6.45) is 0. The van der Waals surface area contributed by atoms with Gasteiger partial charge in [0, 0.05) is 5.02 Å². The van der Waals surface area contributed by atoms with E-state index in [2.05, 4.69) is 10.2 Å². The Bertz CT molecular complexity index is 766. The van der Waals surface area contributed by atoms with Gasteiger partial charge in [-0.25, -0.2) is 4.79 Å². The van der Waals surface area contributed by atoms with Gasteiger partial charge in [0.1, 0.15) is 5.69 Å². The van der Waals surface area contributed by atoms with Crippen LogP contribution in [-0.4, -0.2) is 15.1 Å². The lowest BCUT2D eigenvalue weighted by molar-refractivity contribution is 0.450. The minimum Gasteiger partial charge on any atom is -0.493 e. The second-order valence-electron chi connectivity index (χ2n) is 3.40. The average Bonchev–Trinajstić information content (AvgIpc) is 2.32. The number of nitrogens with one attached hydrogen (secondary N) is 2. The third-order valence-corrected chi connectivity index (χ3v) is 2.62. The van der Waals surface area contributed by atoms with Gasteiger partial charge in [0.05, 0.1) is 5.02 Å². The molecule has 19 heavy (non-hydrogen) atoms. The highest BCUT2D eigenvalue weighted by atomic mass is 35.5. The fourth-order valence-corrected chi connectivity index (χ4v) is 1.55. The van der Waals surface area contributed by atoms with Crippen LogP contribution in [0.5, 0.6) is 5.88 Å². The van der Waals surface area contributed by atoms with Gasteiger partial charge in [0.2, 0.25) is 11.6 Å². The Balaban J connectivity index is 2.46. The number of aromatic nitrogens is 2. The maximum Gasteiger partial charge on any atom is 0.328 e. The molecule has 1 aromatic carbocycles. The monoisotopic (exact) mass is 300 g/mol. The number of azo groups is 1. The van der Waals surface area contributed by atoms with Crippen LogP contribution >= 0.6 is 23.2 Å². The minimum absolute atomic E-state index is 0.221. The average molecular weight is 301 g/mol. The van der Waals surface area contributed by atoms with Gasteiger partial charge in [-0.3, -0.25) is 14.8 Å². The van der Waals surface area contributed by atoms with Crippen molar-refractivity contribution in [2.45, 2.75) is 0 Å². The van der Waals surface area contributed by atoms with Crippen molar-refractivity contribution in [2.75, 3.05) is 0 Å². The molecule has 3 N–H and O–H groups in total. The van der Waals surface area contributed by atoms with Crippen LogP contribution in [-0.2, 0) is 0 Å². The smallest absolute Gasteiger partial charge is 0.328 e. The molecule has 0 radical (unpaired) electrons. The molecule has 0 unspecified atom stereocenters. The maximum atomic E-state index is 11.4. The van der Waals surface area contributed by atoms with Crippen LogP contribution in [0.3, 0.4) is 0 Å². The van der Waals surface area contributed by atoms with Crippen LogP contribution in [0.4, 0.5) is 11.4 Å². The van der Waals surface area contributed by atoms with Crippen molar-refractivity contribution in [3.8, 4) is 5.88 Å². The first kappa shape index (κ1) is 13.3. The number of hydrogen-bond acceptors (Lipinski definition) is 5. The summed E-state index contributed by atoms with van der Waals surface area (Å²) in [5.74, 6) is -0.685. The molecule has 98 valence electrons. The fraction of sp³-hybridized carbons (Fsp3) is 0. The van der Waals surface area contributed by atoms with Gasteiger partial charge >= 0.3 is 5.69 Å². The first-order chi connectivity index (χ1) is 8.97. The van der Waals surface area contributed by atoms with E-state index in [-0.39, 0.29) is 10.7 Å². The van der Waals surface area contributed by atoms with Gasteiger partial charge in [-0.2, -0.15) is 0 Å². The highest BCUT2D eigenvalue weighted by Crippen LogP contribution is 2.29. The molecule has 0 aliphatic carbocycles. The highest BCUT2D eigenvalue weighted by Gasteiger charge is 2.08. The molecule has 0 atom stereocenters. The Morgan fingerprint density at radius 2 is 1.84 bits per heavy atom. The van der Waals surface area contributed by atoms with Crippen molar-refractivity contribution in [1.29, 1.82) is 0 Å². The molecule has 0 bridgehead atoms. The predicted octanol–water partition coefficient (Wildman–Crippen LogP) is 2.49. The lowest BCUT2D eigenvalue weighted by atomic mass is 10.3. The van der Waals surface area contributed by atoms with Crippen LogP contribution < -0.4 is 11.2 Å². The Kier molecular flexibility index (Phi) is 3.68. The molecule has 2 aromatic rings. The second kappa shape index (κ2) is 5.25. The van der Waals surface area contributed by atoms with E-state index in [4.69, 9.17) is 23.2 Å². The number of nitrogens with zero attached hydrogens (tertiary/aromatic N) is 2. The van der Waals surface area contributed by atoms with Gasteiger partial charge in [-0.05, 0) is 18.2 Å². The number of H-pyrrole nitrogens is 2. The zero-order valence-corrected chi connectivity index (χ0v) is 10.7. The summed E-state index contributed by atoms with van der Waals surface area (Å²) in [7, 11) is 0. The standard InChI is InChI=1S/C10H6Cl2N4O3/c11-4-1-2-5(12)6(3-4)15-16-7-8(17)13-10(19)14-9(7)18/h1-3H,(H3,13,14,17,18,19). The molecule has 0 spiro atoms. The molecule has 1 aromatic heterocycles. The van der Waals surface area contributed by atoms with Gasteiger partial charge in [-0.15, -0.1) is 10.2 Å². The summed E-state index contributed by atoms with van der Waals surface area (Å²) in [4.78, 5) is 26.1. The maximum absolute atomic E-state index is 11.4. The molecule has 0 fully saturated rings. The zero-order valence-electron chi connectivity index (χ0n) is 9.15. The van der Waals surface area contributed by atoms with Crippen molar-refractivity contribution >= 4 is 34.6 Å². The fourth-order valence-electron chi connectivity index (χ4n) is 1.23. The molecule has 9 heteroatoms. The zero-order chi connectivity index (χ0) is 14.0. The van der Waals surface area contributed by atoms with E-state index < -0.39 is 22.8 Å². The molecular formula is C10H6Cl2N4O3. The Morgan fingerprint density at radius 1 is 1.11 bits per heavy atom. The normalized spacial score (nSPS) is 11.1. The third-order valence-electron chi connectivity index (χ3n) is 2.06. The first-order valence-electron chi connectivity index (χ1n) is 4.90. The largest absolute Gasteiger partial charge is 0.493 e. The van der Waals surface area contributed by atoms with Gasteiger partial charge in [-0.1, -0.05) is 23.2 Å².